The molecule has 1 N–H and O–H groups in total. The topological polar surface area (TPSA) is 46.2 Å². The normalized spacial score (nSPS) is 16.3. The standard InChI is InChI=1S/C22H31NO2S/c1-4-17(5-2)16-22(14-10-7-11-15-22)21(25)23-18-12-8-9-13-19(18)26-20(24)6-3/h6,8-9,12-13,17H,3-5,7,10-11,14-16H2,1-2H3,(H,23,25). The van der Waals surface area contributed by atoms with Gasteiger partial charge in [-0.1, -0.05) is 64.7 Å². The van der Waals surface area contributed by atoms with Crippen LogP contribution in [-0.4, -0.2) is 11.0 Å². The van der Waals surface area contributed by atoms with Crippen molar-refractivity contribution in [3.63, 3.8) is 0 Å². The lowest BCUT2D eigenvalue weighted by Crippen LogP contribution is -2.39. The molecule has 0 aliphatic heterocycles. The summed E-state index contributed by atoms with van der Waals surface area (Å²) in [7, 11) is 0. The smallest absolute Gasteiger partial charge is 0.230 e. The van der Waals surface area contributed by atoms with Crippen LogP contribution in [0.15, 0.2) is 41.8 Å². The highest BCUT2D eigenvalue weighted by molar-refractivity contribution is 8.14. The lowest BCUT2D eigenvalue weighted by atomic mass is 9.67. The van der Waals surface area contributed by atoms with Gasteiger partial charge in [0.2, 0.25) is 11.0 Å². The summed E-state index contributed by atoms with van der Waals surface area (Å²) in [6, 6.07) is 7.53. The Morgan fingerprint density at radius 3 is 2.46 bits per heavy atom. The van der Waals surface area contributed by atoms with E-state index in [0.29, 0.717) is 5.92 Å². The first-order valence-corrected chi connectivity index (χ1v) is 10.6. The lowest BCUT2D eigenvalue weighted by Gasteiger charge is -2.38. The van der Waals surface area contributed by atoms with Crippen molar-refractivity contribution in [1.29, 1.82) is 0 Å². The van der Waals surface area contributed by atoms with Crippen LogP contribution in [0.3, 0.4) is 0 Å². The Hall–Kier alpha value is -1.55. The van der Waals surface area contributed by atoms with Gasteiger partial charge in [0.05, 0.1) is 5.69 Å². The predicted octanol–water partition coefficient (Wildman–Crippen LogP) is 6.21. The molecule has 0 heterocycles. The molecule has 0 aromatic heterocycles. The minimum Gasteiger partial charge on any atom is -0.325 e. The summed E-state index contributed by atoms with van der Waals surface area (Å²) in [4.78, 5) is 25.9. The molecule has 142 valence electrons. The number of rotatable bonds is 8. The van der Waals surface area contributed by atoms with Crippen molar-refractivity contribution in [2.75, 3.05) is 5.32 Å². The number of hydrogen-bond donors (Lipinski definition) is 1. The first-order chi connectivity index (χ1) is 12.5. The first-order valence-electron chi connectivity index (χ1n) is 9.79. The zero-order valence-corrected chi connectivity index (χ0v) is 16.9. The molecule has 0 atom stereocenters. The summed E-state index contributed by atoms with van der Waals surface area (Å²) in [5.41, 5.74) is 0.460. The summed E-state index contributed by atoms with van der Waals surface area (Å²) < 4.78 is 0. The average Bonchev–Trinajstić information content (AvgIpc) is 2.68. The van der Waals surface area contributed by atoms with Crippen LogP contribution in [0.2, 0.25) is 0 Å². The monoisotopic (exact) mass is 373 g/mol. The van der Waals surface area contributed by atoms with E-state index in [4.69, 9.17) is 0 Å². The second-order valence-electron chi connectivity index (χ2n) is 7.30. The van der Waals surface area contributed by atoms with E-state index in [9.17, 15) is 9.59 Å². The minimum atomic E-state index is -0.269. The van der Waals surface area contributed by atoms with Crippen molar-refractivity contribution in [3.05, 3.63) is 36.9 Å². The second kappa shape index (κ2) is 9.96. The first kappa shape index (κ1) is 20.8. The van der Waals surface area contributed by atoms with Gasteiger partial charge in [-0.05, 0) is 55.2 Å². The number of carbonyl (C=O) groups is 2. The average molecular weight is 374 g/mol. The Morgan fingerprint density at radius 2 is 1.85 bits per heavy atom. The fraction of sp³-hybridized carbons (Fsp3) is 0.545. The lowest BCUT2D eigenvalue weighted by molar-refractivity contribution is -0.128. The molecule has 0 unspecified atom stereocenters. The molecule has 1 aliphatic rings. The van der Waals surface area contributed by atoms with Crippen LogP contribution in [0.4, 0.5) is 5.69 Å². The molecule has 1 aliphatic carbocycles. The van der Waals surface area contributed by atoms with E-state index in [0.717, 1.165) is 67.3 Å². The SMILES string of the molecule is C=CC(=O)Sc1ccccc1NC(=O)C1(CC(CC)CC)CCCCC1. The molecule has 3 nitrogen and oxygen atoms in total. The van der Waals surface area contributed by atoms with Gasteiger partial charge in [-0.2, -0.15) is 0 Å². The Bertz CT molecular complexity index is 631. The number of thioether (sulfide) groups is 1. The van der Waals surface area contributed by atoms with Crippen molar-refractivity contribution >= 4 is 28.5 Å². The largest absolute Gasteiger partial charge is 0.325 e. The summed E-state index contributed by atoms with van der Waals surface area (Å²) in [5, 5.41) is 3.04. The third kappa shape index (κ3) is 5.23. The van der Waals surface area contributed by atoms with Gasteiger partial charge in [0.25, 0.3) is 0 Å². The fourth-order valence-corrected chi connectivity index (χ4v) is 4.62. The van der Waals surface area contributed by atoms with Gasteiger partial charge in [0.15, 0.2) is 0 Å². The van der Waals surface area contributed by atoms with Gasteiger partial charge in [0.1, 0.15) is 0 Å². The van der Waals surface area contributed by atoms with Crippen LogP contribution < -0.4 is 5.32 Å². The van der Waals surface area contributed by atoms with E-state index in [1.54, 1.807) is 0 Å². The van der Waals surface area contributed by atoms with E-state index in [1.807, 2.05) is 24.3 Å². The molecule has 2 rings (SSSR count). The van der Waals surface area contributed by atoms with Crippen LogP contribution in [0.1, 0.15) is 65.2 Å². The second-order valence-corrected chi connectivity index (χ2v) is 8.35. The maximum atomic E-state index is 13.3. The summed E-state index contributed by atoms with van der Waals surface area (Å²) >= 11 is 1.11. The number of benzene rings is 1. The minimum absolute atomic E-state index is 0.115. The molecule has 1 aromatic carbocycles. The zero-order chi connectivity index (χ0) is 19.0. The molecule has 1 fully saturated rings. The fourth-order valence-electron chi connectivity index (χ4n) is 3.95. The van der Waals surface area contributed by atoms with E-state index >= 15 is 0 Å². The number of hydrogen-bond acceptors (Lipinski definition) is 3. The Kier molecular flexibility index (Phi) is 7.95. The van der Waals surface area contributed by atoms with Crippen molar-refractivity contribution < 1.29 is 9.59 Å². The molecular formula is C22H31NO2S. The summed E-state index contributed by atoms with van der Waals surface area (Å²) in [5.74, 6) is 0.717. The van der Waals surface area contributed by atoms with Crippen LogP contribution in [0, 0.1) is 11.3 Å². The molecule has 0 saturated heterocycles. The van der Waals surface area contributed by atoms with Gasteiger partial charge in [0, 0.05) is 10.3 Å². The summed E-state index contributed by atoms with van der Waals surface area (Å²) in [6.45, 7) is 7.96. The van der Waals surface area contributed by atoms with Gasteiger partial charge >= 0.3 is 0 Å². The molecule has 4 heteroatoms. The highest BCUT2D eigenvalue weighted by atomic mass is 32.2. The highest BCUT2D eigenvalue weighted by Gasteiger charge is 2.40. The van der Waals surface area contributed by atoms with E-state index < -0.39 is 0 Å². The maximum absolute atomic E-state index is 13.3. The quantitative estimate of drug-likeness (QED) is 0.435. The van der Waals surface area contributed by atoms with Crippen molar-refractivity contribution in [2.45, 2.75) is 70.1 Å². The Morgan fingerprint density at radius 1 is 1.19 bits per heavy atom. The number of anilines is 1. The van der Waals surface area contributed by atoms with E-state index in [1.165, 1.54) is 12.5 Å². The molecule has 0 bridgehead atoms. The zero-order valence-electron chi connectivity index (χ0n) is 16.1. The Labute approximate surface area is 162 Å². The molecular weight excluding hydrogens is 342 g/mol. The van der Waals surface area contributed by atoms with Crippen molar-refractivity contribution in [3.8, 4) is 0 Å². The van der Waals surface area contributed by atoms with Crippen molar-refractivity contribution in [2.24, 2.45) is 11.3 Å². The van der Waals surface area contributed by atoms with E-state index in [-0.39, 0.29) is 16.4 Å². The number of carbonyl (C=O) groups excluding carboxylic acids is 2. The number of amides is 1. The van der Waals surface area contributed by atoms with Crippen molar-refractivity contribution in [1.82, 2.24) is 0 Å². The van der Waals surface area contributed by atoms with Crippen LogP contribution in [-0.2, 0) is 9.59 Å². The Balaban J connectivity index is 2.22. The number of nitrogens with one attached hydrogen (secondary N) is 1. The van der Waals surface area contributed by atoms with Gasteiger partial charge in [-0.15, -0.1) is 0 Å². The highest BCUT2D eigenvalue weighted by Crippen LogP contribution is 2.44. The molecule has 0 radical (unpaired) electrons. The van der Waals surface area contributed by atoms with Gasteiger partial charge < -0.3 is 5.32 Å². The van der Waals surface area contributed by atoms with Gasteiger partial charge in [-0.3, -0.25) is 9.59 Å². The molecule has 1 aromatic rings. The summed E-state index contributed by atoms with van der Waals surface area (Å²) in [6.07, 6.45) is 9.91. The van der Waals surface area contributed by atoms with Gasteiger partial charge in [-0.25, -0.2) is 0 Å². The van der Waals surface area contributed by atoms with Crippen LogP contribution in [0.5, 0.6) is 0 Å². The molecule has 0 spiro atoms. The molecule has 1 saturated carbocycles. The maximum Gasteiger partial charge on any atom is 0.230 e. The predicted molar refractivity (Wildman–Crippen MR) is 110 cm³/mol. The van der Waals surface area contributed by atoms with E-state index in [2.05, 4.69) is 25.7 Å². The third-order valence-corrected chi connectivity index (χ3v) is 6.58. The van der Waals surface area contributed by atoms with Crippen LogP contribution in [0.25, 0.3) is 0 Å². The third-order valence-electron chi connectivity index (χ3n) is 5.64. The number of para-hydroxylation sites is 1. The molecule has 1 amide bonds. The molecule has 26 heavy (non-hydrogen) atoms. The van der Waals surface area contributed by atoms with Crippen LogP contribution >= 0.6 is 11.8 Å².